The van der Waals surface area contributed by atoms with Crippen LogP contribution >= 0.6 is 0 Å². The van der Waals surface area contributed by atoms with E-state index in [2.05, 4.69) is 69.4 Å². The van der Waals surface area contributed by atoms with Gasteiger partial charge in [0.25, 0.3) is 0 Å². The van der Waals surface area contributed by atoms with Crippen molar-refractivity contribution in [3.8, 4) is 0 Å². The maximum Gasteiger partial charge on any atom is 0.306 e. The molecule has 6 heteroatoms. The van der Waals surface area contributed by atoms with Crippen molar-refractivity contribution < 1.29 is 28.6 Å². The molecule has 1 atom stereocenters. The van der Waals surface area contributed by atoms with E-state index in [0.717, 1.165) is 89.9 Å². The van der Waals surface area contributed by atoms with Crippen LogP contribution in [0.1, 0.15) is 335 Å². The first-order valence-electron chi connectivity index (χ1n) is 31.6. The molecule has 0 fully saturated rings. The SMILES string of the molecule is CCCCC/C=C\C/C=C\CCCCCCCC(=O)OC(COC(=O)CCCCCCCCCCCCCCCC)COC(=O)CCCCCCCCCCCCCCC/C=C\C/C=C\CCCCCCC. The molecule has 0 spiro atoms. The van der Waals surface area contributed by atoms with Crippen LogP contribution in [-0.4, -0.2) is 37.2 Å². The van der Waals surface area contributed by atoms with E-state index in [1.807, 2.05) is 0 Å². The molecule has 0 heterocycles. The molecule has 0 aromatic carbocycles. The fourth-order valence-corrected chi connectivity index (χ4v) is 9.27. The van der Waals surface area contributed by atoms with Crippen molar-refractivity contribution in [2.24, 2.45) is 0 Å². The third kappa shape index (κ3) is 58.3. The number of carbonyl (C=O) groups is 3. The number of unbranched alkanes of at least 4 members (excludes halogenated alkanes) is 39. The second-order valence-electron chi connectivity index (χ2n) is 21.3. The lowest BCUT2D eigenvalue weighted by atomic mass is 10.0. The number of esters is 3. The van der Waals surface area contributed by atoms with Gasteiger partial charge in [0.2, 0.25) is 0 Å². The van der Waals surface area contributed by atoms with E-state index in [0.29, 0.717) is 19.3 Å². The maximum absolute atomic E-state index is 12.9. The normalized spacial score (nSPS) is 12.3. The van der Waals surface area contributed by atoms with Crippen LogP contribution in [0.2, 0.25) is 0 Å². The zero-order valence-electron chi connectivity index (χ0n) is 48.2. The Bertz CT molecular complexity index is 1250. The van der Waals surface area contributed by atoms with Gasteiger partial charge in [-0.05, 0) is 83.5 Å². The van der Waals surface area contributed by atoms with Gasteiger partial charge in [-0.15, -0.1) is 0 Å². The fourth-order valence-electron chi connectivity index (χ4n) is 9.27. The van der Waals surface area contributed by atoms with Gasteiger partial charge in [0.1, 0.15) is 13.2 Å². The largest absolute Gasteiger partial charge is 0.462 e. The number of carbonyl (C=O) groups excluding carboxylic acids is 3. The Hall–Kier alpha value is -2.63. The van der Waals surface area contributed by atoms with Gasteiger partial charge in [-0.1, -0.05) is 281 Å². The average molecular weight is 1010 g/mol. The highest BCUT2D eigenvalue weighted by atomic mass is 16.6. The van der Waals surface area contributed by atoms with Crippen molar-refractivity contribution >= 4 is 17.9 Å². The molecule has 0 bridgehead atoms. The lowest BCUT2D eigenvalue weighted by Gasteiger charge is -2.18. The van der Waals surface area contributed by atoms with Crippen LogP contribution in [0.3, 0.4) is 0 Å². The van der Waals surface area contributed by atoms with Crippen molar-refractivity contribution in [3.63, 3.8) is 0 Å². The number of rotatable bonds is 58. The van der Waals surface area contributed by atoms with Gasteiger partial charge in [-0.2, -0.15) is 0 Å². The molecule has 0 amide bonds. The van der Waals surface area contributed by atoms with Crippen LogP contribution in [0.15, 0.2) is 48.6 Å². The van der Waals surface area contributed by atoms with Gasteiger partial charge >= 0.3 is 17.9 Å². The highest BCUT2D eigenvalue weighted by molar-refractivity contribution is 5.71. The first-order valence-corrected chi connectivity index (χ1v) is 31.6. The van der Waals surface area contributed by atoms with E-state index in [1.165, 1.54) is 205 Å². The summed E-state index contributed by atoms with van der Waals surface area (Å²) < 4.78 is 16.9. The summed E-state index contributed by atoms with van der Waals surface area (Å²) in [6.45, 7) is 6.64. The molecule has 0 aliphatic heterocycles. The van der Waals surface area contributed by atoms with Crippen molar-refractivity contribution in [2.75, 3.05) is 13.2 Å². The molecule has 0 N–H and O–H groups in total. The predicted molar refractivity (Wildman–Crippen MR) is 312 cm³/mol. The first-order chi connectivity index (χ1) is 35.5. The molecule has 1 unspecified atom stereocenters. The van der Waals surface area contributed by atoms with Gasteiger partial charge in [0, 0.05) is 19.3 Å². The van der Waals surface area contributed by atoms with Crippen molar-refractivity contribution in [2.45, 2.75) is 341 Å². The standard InChI is InChI=1S/C66H120O6/c1-4-7-10-13-16-19-22-25-28-29-30-31-32-33-34-35-36-37-39-41-44-47-50-53-56-59-65(68)71-62-63(61-70-64(67)58-55-52-49-46-43-40-27-24-21-18-15-12-9-6-3)72-66(69)60-57-54-51-48-45-42-38-26-23-20-17-14-11-8-5-2/h17,20,22,25-26,29-30,38,63H,4-16,18-19,21,23-24,27-28,31-37,39-62H2,1-3H3/b20-17-,25-22-,30-29-,38-26-. The second kappa shape index (κ2) is 60.9. The predicted octanol–water partition coefficient (Wildman–Crippen LogP) is 21.4. The van der Waals surface area contributed by atoms with Crippen LogP contribution in [-0.2, 0) is 28.6 Å². The van der Waals surface area contributed by atoms with Crippen LogP contribution < -0.4 is 0 Å². The summed E-state index contributed by atoms with van der Waals surface area (Å²) in [6.07, 6.45) is 75.4. The zero-order valence-corrected chi connectivity index (χ0v) is 48.2. The number of ether oxygens (including phenoxy) is 3. The van der Waals surface area contributed by atoms with Crippen molar-refractivity contribution in [3.05, 3.63) is 48.6 Å². The molecule has 0 saturated heterocycles. The molecule has 0 aliphatic rings. The molecule has 6 nitrogen and oxygen atoms in total. The summed E-state index contributed by atoms with van der Waals surface area (Å²) >= 11 is 0. The number of hydrogen-bond donors (Lipinski definition) is 0. The summed E-state index contributed by atoms with van der Waals surface area (Å²) in [5.74, 6) is -0.871. The van der Waals surface area contributed by atoms with E-state index in [9.17, 15) is 14.4 Å². The molecule has 420 valence electrons. The molecule has 0 radical (unpaired) electrons. The Kier molecular flexibility index (Phi) is 58.7. The summed E-state index contributed by atoms with van der Waals surface area (Å²) in [5, 5.41) is 0. The Morgan fingerprint density at radius 2 is 0.500 bits per heavy atom. The van der Waals surface area contributed by atoms with E-state index >= 15 is 0 Å². The summed E-state index contributed by atoms with van der Waals surface area (Å²) in [5.41, 5.74) is 0. The average Bonchev–Trinajstić information content (AvgIpc) is 3.38. The summed E-state index contributed by atoms with van der Waals surface area (Å²) in [4.78, 5) is 38.2. The first kappa shape index (κ1) is 69.4. The van der Waals surface area contributed by atoms with Crippen LogP contribution in [0, 0.1) is 0 Å². The molecule has 0 aromatic heterocycles. The van der Waals surface area contributed by atoms with E-state index in [-0.39, 0.29) is 31.1 Å². The molecule has 0 aliphatic carbocycles. The summed E-state index contributed by atoms with van der Waals surface area (Å²) in [6, 6.07) is 0. The topological polar surface area (TPSA) is 78.9 Å². The molecular weight excluding hydrogens is 889 g/mol. The van der Waals surface area contributed by atoms with Gasteiger partial charge in [-0.3, -0.25) is 14.4 Å². The third-order valence-electron chi connectivity index (χ3n) is 14.1. The molecule has 0 saturated carbocycles. The van der Waals surface area contributed by atoms with E-state index in [4.69, 9.17) is 14.2 Å². The zero-order chi connectivity index (χ0) is 52.2. The van der Waals surface area contributed by atoms with Crippen LogP contribution in [0.5, 0.6) is 0 Å². The van der Waals surface area contributed by atoms with Crippen LogP contribution in [0.4, 0.5) is 0 Å². The maximum atomic E-state index is 12.9. The lowest BCUT2D eigenvalue weighted by molar-refractivity contribution is -0.167. The quantitative estimate of drug-likeness (QED) is 0.0261. The summed E-state index contributed by atoms with van der Waals surface area (Å²) in [7, 11) is 0. The number of allylic oxidation sites excluding steroid dienone is 8. The molecular formula is C66H120O6. The third-order valence-corrected chi connectivity index (χ3v) is 14.1. The highest BCUT2D eigenvalue weighted by Gasteiger charge is 2.19. The highest BCUT2D eigenvalue weighted by Crippen LogP contribution is 2.17. The van der Waals surface area contributed by atoms with Crippen LogP contribution in [0.25, 0.3) is 0 Å². The van der Waals surface area contributed by atoms with Gasteiger partial charge in [-0.25, -0.2) is 0 Å². The fraction of sp³-hybridized carbons (Fsp3) is 0.833. The lowest BCUT2D eigenvalue weighted by Crippen LogP contribution is -2.30. The smallest absolute Gasteiger partial charge is 0.306 e. The van der Waals surface area contributed by atoms with Crippen molar-refractivity contribution in [1.82, 2.24) is 0 Å². The Morgan fingerprint density at radius 1 is 0.278 bits per heavy atom. The van der Waals surface area contributed by atoms with Gasteiger partial charge in [0.05, 0.1) is 0 Å². The Labute approximate surface area is 448 Å². The monoisotopic (exact) mass is 1010 g/mol. The Balaban J connectivity index is 4.27. The Morgan fingerprint density at radius 3 is 0.792 bits per heavy atom. The second-order valence-corrected chi connectivity index (χ2v) is 21.3. The molecule has 0 aromatic rings. The van der Waals surface area contributed by atoms with Crippen molar-refractivity contribution in [1.29, 1.82) is 0 Å². The minimum atomic E-state index is -0.778. The minimum Gasteiger partial charge on any atom is -0.462 e. The van der Waals surface area contributed by atoms with Gasteiger partial charge < -0.3 is 14.2 Å². The van der Waals surface area contributed by atoms with E-state index < -0.39 is 6.10 Å². The number of hydrogen-bond acceptors (Lipinski definition) is 6. The van der Waals surface area contributed by atoms with Gasteiger partial charge in [0.15, 0.2) is 6.10 Å². The van der Waals surface area contributed by atoms with E-state index in [1.54, 1.807) is 0 Å². The molecule has 72 heavy (non-hydrogen) atoms. The molecule has 0 rings (SSSR count). The minimum absolute atomic E-state index is 0.0751.